The molecule has 94 valence electrons. The molecular formula is C11H16BrN3S2. The van der Waals surface area contributed by atoms with Crippen LogP contribution in [0.5, 0.6) is 0 Å². The summed E-state index contributed by atoms with van der Waals surface area (Å²) in [5.74, 6) is 5.46. The number of hydrogen-bond donors (Lipinski definition) is 1. The lowest BCUT2D eigenvalue weighted by Gasteiger charge is -2.21. The first-order valence-corrected chi connectivity index (χ1v) is 8.69. The fourth-order valence-corrected chi connectivity index (χ4v) is 4.56. The molecule has 2 heterocycles. The Kier molecular flexibility index (Phi) is 4.99. The number of aryl methyl sites for hydroxylation is 1. The highest BCUT2D eigenvalue weighted by Gasteiger charge is 2.21. The topological polar surface area (TPSA) is 37.8 Å². The summed E-state index contributed by atoms with van der Waals surface area (Å²) in [6, 6.07) is 0. The lowest BCUT2D eigenvalue weighted by atomic mass is 10.3. The van der Waals surface area contributed by atoms with Crippen molar-refractivity contribution in [3.63, 3.8) is 0 Å². The molecule has 1 fully saturated rings. The van der Waals surface area contributed by atoms with E-state index >= 15 is 0 Å². The summed E-state index contributed by atoms with van der Waals surface area (Å²) in [4.78, 5) is 9.25. The summed E-state index contributed by atoms with van der Waals surface area (Å²) >= 11 is 7.50. The van der Waals surface area contributed by atoms with E-state index in [0.29, 0.717) is 5.25 Å². The number of anilines is 1. The van der Waals surface area contributed by atoms with Gasteiger partial charge in [-0.3, -0.25) is 0 Å². The molecule has 6 heteroatoms. The summed E-state index contributed by atoms with van der Waals surface area (Å²) < 4.78 is 0.983. The maximum atomic E-state index is 4.64. The van der Waals surface area contributed by atoms with E-state index in [0.717, 1.165) is 34.1 Å². The standard InChI is InChI=1S/C11H16BrN3S2/c1-3-13-11-9(12)7(2)14-10(15-11)8-6-16-4-5-17-8/h8H,3-6H2,1-2H3,(H,13,14,15). The lowest BCUT2D eigenvalue weighted by molar-refractivity contribution is 0.895. The van der Waals surface area contributed by atoms with E-state index in [2.05, 4.69) is 38.1 Å². The summed E-state index contributed by atoms with van der Waals surface area (Å²) in [7, 11) is 0. The molecule has 1 unspecified atom stereocenters. The van der Waals surface area contributed by atoms with Gasteiger partial charge in [0, 0.05) is 23.8 Å². The van der Waals surface area contributed by atoms with Crippen molar-refractivity contribution in [1.29, 1.82) is 0 Å². The summed E-state index contributed by atoms with van der Waals surface area (Å²) in [6.07, 6.45) is 0. The first-order valence-electron chi connectivity index (χ1n) is 5.69. The predicted molar refractivity (Wildman–Crippen MR) is 81.2 cm³/mol. The van der Waals surface area contributed by atoms with Crippen LogP contribution < -0.4 is 5.32 Å². The average molecular weight is 334 g/mol. The zero-order valence-electron chi connectivity index (χ0n) is 9.99. The lowest BCUT2D eigenvalue weighted by Crippen LogP contribution is -2.13. The van der Waals surface area contributed by atoms with E-state index in [1.54, 1.807) is 0 Å². The van der Waals surface area contributed by atoms with Crippen LogP contribution in [0, 0.1) is 6.92 Å². The van der Waals surface area contributed by atoms with E-state index < -0.39 is 0 Å². The van der Waals surface area contributed by atoms with Crippen LogP contribution in [-0.2, 0) is 0 Å². The minimum Gasteiger partial charge on any atom is -0.369 e. The number of aromatic nitrogens is 2. The van der Waals surface area contributed by atoms with Crippen molar-refractivity contribution in [3.8, 4) is 0 Å². The van der Waals surface area contributed by atoms with Crippen LogP contribution in [0.2, 0.25) is 0 Å². The Morgan fingerprint density at radius 3 is 2.88 bits per heavy atom. The van der Waals surface area contributed by atoms with Gasteiger partial charge in [0.25, 0.3) is 0 Å². The minimum absolute atomic E-state index is 0.443. The van der Waals surface area contributed by atoms with Gasteiger partial charge in [0.15, 0.2) is 0 Å². The van der Waals surface area contributed by atoms with E-state index in [4.69, 9.17) is 0 Å². The third-order valence-electron chi connectivity index (χ3n) is 2.48. The van der Waals surface area contributed by atoms with Gasteiger partial charge in [-0.15, -0.1) is 11.8 Å². The summed E-state index contributed by atoms with van der Waals surface area (Å²) in [5, 5.41) is 3.72. The highest BCUT2D eigenvalue weighted by molar-refractivity contribution is 9.10. The maximum Gasteiger partial charge on any atom is 0.144 e. The molecule has 2 rings (SSSR count). The molecule has 1 aliphatic rings. The maximum absolute atomic E-state index is 4.64. The zero-order valence-corrected chi connectivity index (χ0v) is 13.2. The molecule has 1 N–H and O–H groups in total. The average Bonchev–Trinajstić information content (AvgIpc) is 2.36. The number of nitrogens with zero attached hydrogens (tertiary/aromatic N) is 2. The van der Waals surface area contributed by atoms with Gasteiger partial charge in [0.2, 0.25) is 0 Å². The molecule has 17 heavy (non-hydrogen) atoms. The quantitative estimate of drug-likeness (QED) is 0.916. The largest absolute Gasteiger partial charge is 0.369 e. The van der Waals surface area contributed by atoms with Crippen molar-refractivity contribution in [3.05, 3.63) is 16.0 Å². The van der Waals surface area contributed by atoms with Crippen LogP contribution in [0.25, 0.3) is 0 Å². The van der Waals surface area contributed by atoms with Crippen LogP contribution in [0.15, 0.2) is 4.47 Å². The Hall–Kier alpha value is 0.0600. The van der Waals surface area contributed by atoms with Crippen molar-refractivity contribution >= 4 is 45.3 Å². The van der Waals surface area contributed by atoms with E-state index in [-0.39, 0.29) is 0 Å². The number of halogens is 1. The Morgan fingerprint density at radius 2 is 2.24 bits per heavy atom. The van der Waals surface area contributed by atoms with Gasteiger partial charge in [-0.05, 0) is 29.8 Å². The van der Waals surface area contributed by atoms with Crippen LogP contribution >= 0.6 is 39.5 Å². The Bertz CT molecular complexity index is 395. The molecule has 0 spiro atoms. The number of thioether (sulfide) groups is 2. The van der Waals surface area contributed by atoms with Crippen LogP contribution in [0.3, 0.4) is 0 Å². The highest BCUT2D eigenvalue weighted by Crippen LogP contribution is 2.36. The van der Waals surface area contributed by atoms with Crippen molar-refractivity contribution in [2.24, 2.45) is 0 Å². The first kappa shape index (κ1) is 13.5. The Morgan fingerprint density at radius 1 is 1.41 bits per heavy atom. The Labute approximate surface area is 119 Å². The monoisotopic (exact) mass is 333 g/mol. The molecule has 0 saturated carbocycles. The summed E-state index contributed by atoms with van der Waals surface area (Å²) in [6.45, 7) is 4.98. The second-order valence-electron chi connectivity index (χ2n) is 3.79. The van der Waals surface area contributed by atoms with Crippen molar-refractivity contribution in [2.75, 3.05) is 29.1 Å². The SMILES string of the molecule is CCNc1nc(C2CSCCS2)nc(C)c1Br. The highest BCUT2D eigenvalue weighted by atomic mass is 79.9. The summed E-state index contributed by atoms with van der Waals surface area (Å²) in [5.41, 5.74) is 1.02. The third kappa shape index (κ3) is 3.29. The zero-order chi connectivity index (χ0) is 12.3. The van der Waals surface area contributed by atoms with Gasteiger partial charge in [-0.1, -0.05) is 0 Å². The molecule has 1 saturated heterocycles. The third-order valence-corrected chi connectivity index (χ3v) is 6.18. The molecule has 1 atom stereocenters. The van der Waals surface area contributed by atoms with Crippen LogP contribution in [-0.4, -0.2) is 33.8 Å². The molecule has 1 aromatic rings. The molecule has 1 aliphatic heterocycles. The molecule has 0 amide bonds. The van der Waals surface area contributed by atoms with E-state index in [9.17, 15) is 0 Å². The Balaban J connectivity index is 2.27. The smallest absolute Gasteiger partial charge is 0.144 e. The first-order chi connectivity index (χ1) is 8.22. The van der Waals surface area contributed by atoms with Crippen molar-refractivity contribution in [2.45, 2.75) is 19.1 Å². The number of nitrogens with one attached hydrogen (secondary N) is 1. The van der Waals surface area contributed by atoms with Gasteiger partial charge in [-0.2, -0.15) is 11.8 Å². The van der Waals surface area contributed by atoms with Gasteiger partial charge in [0.05, 0.1) is 15.4 Å². The molecule has 0 aromatic carbocycles. The fraction of sp³-hybridized carbons (Fsp3) is 0.636. The van der Waals surface area contributed by atoms with Crippen molar-refractivity contribution in [1.82, 2.24) is 9.97 Å². The normalized spacial score (nSPS) is 20.3. The van der Waals surface area contributed by atoms with Gasteiger partial charge >= 0.3 is 0 Å². The second kappa shape index (κ2) is 6.29. The van der Waals surface area contributed by atoms with Gasteiger partial charge in [0.1, 0.15) is 11.6 Å². The molecule has 0 bridgehead atoms. The molecule has 0 radical (unpaired) electrons. The van der Waals surface area contributed by atoms with Gasteiger partial charge < -0.3 is 5.32 Å². The van der Waals surface area contributed by atoms with Gasteiger partial charge in [-0.25, -0.2) is 9.97 Å². The molecule has 3 nitrogen and oxygen atoms in total. The number of rotatable bonds is 3. The second-order valence-corrected chi connectivity index (χ2v) is 7.05. The van der Waals surface area contributed by atoms with Crippen LogP contribution in [0.1, 0.15) is 23.7 Å². The van der Waals surface area contributed by atoms with E-state index in [1.165, 1.54) is 11.5 Å². The van der Waals surface area contributed by atoms with Crippen LogP contribution in [0.4, 0.5) is 5.82 Å². The molecular weight excluding hydrogens is 318 g/mol. The minimum atomic E-state index is 0.443. The molecule has 1 aromatic heterocycles. The van der Waals surface area contributed by atoms with Crippen molar-refractivity contribution < 1.29 is 0 Å². The number of hydrogen-bond acceptors (Lipinski definition) is 5. The molecule has 0 aliphatic carbocycles. The fourth-order valence-electron chi connectivity index (χ4n) is 1.65. The predicted octanol–water partition coefficient (Wildman–Crippen LogP) is 3.50. The van der Waals surface area contributed by atoms with E-state index in [1.807, 2.05) is 30.4 Å².